The molecule has 0 atom stereocenters. The number of benzene rings is 1. The third-order valence-electron chi connectivity index (χ3n) is 2.86. The van der Waals surface area contributed by atoms with Crippen LogP contribution in [0.25, 0.3) is 0 Å². The van der Waals surface area contributed by atoms with Crippen LogP contribution in [0.15, 0.2) is 47.6 Å². The van der Waals surface area contributed by atoms with Crippen LogP contribution in [0.1, 0.15) is 5.56 Å². The summed E-state index contributed by atoms with van der Waals surface area (Å²) in [5.41, 5.74) is 6.59. The van der Waals surface area contributed by atoms with Gasteiger partial charge < -0.3 is 5.73 Å². The summed E-state index contributed by atoms with van der Waals surface area (Å²) in [5, 5.41) is 0.522. The van der Waals surface area contributed by atoms with E-state index in [0.29, 0.717) is 5.02 Å². The number of pyridine rings is 1. The van der Waals surface area contributed by atoms with Gasteiger partial charge in [-0.3, -0.25) is 4.98 Å². The van der Waals surface area contributed by atoms with Crippen molar-refractivity contribution >= 4 is 27.3 Å². The number of anilines is 1. The minimum atomic E-state index is -3.70. The quantitative estimate of drug-likeness (QED) is 0.938. The van der Waals surface area contributed by atoms with Crippen molar-refractivity contribution in [3.8, 4) is 0 Å². The first-order valence-corrected chi connectivity index (χ1v) is 7.64. The first-order valence-electron chi connectivity index (χ1n) is 5.82. The summed E-state index contributed by atoms with van der Waals surface area (Å²) in [6.45, 7) is 0.163. The number of hydrogen-bond donors (Lipinski definition) is 1. The molecular weight excluding hydrogens is 298 g/mol. The molecule has 5 nitrogen and oxygen atoms in total. The molecule has 0 unspecified atom stereocenters. The lowest BCUT2D eigenvalue weighted by atomic mass is 10.2. The number of nitrogen functional groups attached to an aromatic ring is 1. The zero-order chi connectivity index (χ0) is 14.8. The second kappa shape index (κ2) is 5.78. The van der Waals surface area contributed by atoms with Crippen molar-refractivity contribution in [2.75, 3.05) is 12.8 Å². The number of aromatic nitrogens is 1. The average molecular weight is 312 g/mol. The summed E-state index contributed by atoms with van der Waals surface area (Å²) in [6.07, 6.45) is 2.69. The molecule has 0 saturated carbocycles. The average Bonchev–Trinajstić information content (AvgIpc) is 2.41. The number of sulfonamides is 1. The Morgan fingerprint density at radius 3 is 2.65 bits per heavy atom. The SMILES string of the molecule is CN(Cc1ccccc1Cl)S(=O)(=O)c1cnccc1N. The number of rotatable bonds is 4. The van der Waals surface area contributed by atoms with Gasteiger partial charge in [0.05, 0.1) is 5.69 Å². The van der Waals surface area contributed by atoms with E-state index in [1.165, 1.54) is 29.8 Å². The van der Waals surface area contributed by atoms with Gasteiger partial charge in [0, 0.05) is 31.0 Å². The van der Waals surface area contributed by atoms with E-state index >= 15 is 0 Å². The molecule has 1 aromatic heterocycles. The lowest BCUT2D eigenvalue weighted by Crippen LogP contribution is -2.27. The maximum absolute atomic E-state index is 12.4. The second-order valence-electron chi connectivity index (χ2n) is 4.27. The van der Waals surface area contributed by atoms with E-state index in [1.807, 2.05) is 0 Å². The van der Waals surface area contributed by atoms with Gasteiger partial charge in [0.25, 0.3) is 0 Å². The van der Waals surface area contributed by atoms with E-state index in [4.69, 9.17) is 17.3 Å². The summed E-state index contributed by atoms with van der Waals surface area (Å²) in [6, 6.07) is 8.55. The van der Waals surface area contributed by atoms with Gasteiger partial charge in [0.2, 0.25) is 10.0 Å². The highest BCUT2D eigenvalue weighted by atomic mass is 35.5. The number of nitrogens with two attached hydrogens (primary N) is 1. The molecule has 0 radical (unpaired) electrons. The highest BCUT2D eigenvalue weighted by molar-refractivity contribution is 7.89. The molecule has 0 aliphatic rings. The number of hydrogen-bond acceptors (Lipinski definition) is 4. The Morgan fingerprint density at radius 2 is 2.00 bits per heavy atom. The molecule has 0 aliphatic heterocycles. The van der Waals surface area contributed by atoms with Crippen LogP contribution in [-0.2, 0) is 16.6 Å². The normalized spacial score (nSPS) is 11.8. The first kappa shape index (κ1) is 14.8. The fourth-order valence-corrected chi connectivity index (χ4v) is 3.13. The van der Waals surface area contributed by atoms with Crippen LogP contribution < -0.4 is 5.73 Å². The van der Waals surface area contributed by atoms with E-state index < -0.39 is 10.0 Å². The van der Waals surface area contributed by atoms with Gasteiger partial charge in [-0.1, -0.05) is 29.8 Å². The molecule has 2 rings (SSSR count). The van der Waals surface area contributed by atoms with Crippen LogP contribution in [0, 0.1) is 0 Å². The maximum Gasteiger partial charge on any atom is 0.246 e. The van der Waals surface area contributed by atoms with Crippen LogP contribution in [0.5, 0.6) is 0 Å². The molecule has 0 aliphatic carbocycles. The lowest BCUT2D eigenvalue weighted by Gasteiger charge is -2.18. The molecule has 20 heavy (non-hydrogen) atoms. The zero-order valence-corrected chi connectivity index (χ0v) is 12.4. The number of halogens is 1. The summed E-state index contributed by atoms with van der Waals surface area (Å²) in [7, 11) is -2.22. The van der Waals surface area contributed by atoms with Crippen molar-refractivity contribution in [3.63, 3.8) is 0 Å². The molecule has 0 spiro atoms. The van der Waals surface area contributed by atoms with Crippen LogP contribution in [-0.4, -0.2) is 24.8 Å². The Labute approximate surface area is 123 Å². The van der Waals surface area contributed by atoms with Crippen molar-refractivity contribution in [1.29, 1.82) is 0 Å². The van der Waals surface area contributed by atoms with E-state index in [2.05, 4.69) is 4.98 Å². The van der Waals surface area contributed by atoms with Crippen molar-refractivity contribution in [1.82, 2.24) is 9.29 Å². The predicted molar refractivity (Wildman–Crippen MR) is 78.8 cm³/mol. The summed E-state index contributed by atoms with van der Waals surface area (Å²) >= 11 is 6.04. The van der Waals surface area contributed by atoms with Gasteiger partial charge >= 0.3 is 0 Å². The topological polar surface area (TPSA) is 76.3 Å². The molecule has 0 fully saturated rings. The van der Waals surface area contributed by atoms with Crippen molar-refractivity contribution in [3.05, 3.63) is 53.3 Å². The molecule has 7 heteroatoms. The van der Waals surface area contributed by atoms with Gasteiger partial charge in [0.15, 0.2) is 0 Å². The molecule has 2 N–H and O–H groups in total. The van der Waals surface area contributed by atoms with Crippen molar-refractivity contribution in [2.45, 2.75) is 11.4 Å². The molecule has 1 heterocycles. The van der Waals surface area contributed by atoms with Crippen molar-refractivity contribution < 1.29 is 8.42 Å². The van der Waals surface area contributed by atoms with Gasteiger partial charge in [0.1, 0.15) is 4.90 Å². The molecule has 2 aromatic rings. The summed E-state index contributed by atoms with van der Waals surface area (Å²) in [5.74, 6) is 0. The van der Waals surface area contributed by atoms with E-state index in [9.17, 15) is 8.42 Å². The van der Waals surface area contributed by atoms with Crippen LogP contribution in [0.4, 0.5) is 5.69 Å². The molecule has 0 bridgehead atoms. The second-order valence-corrected chi connectivity index (χ2v) is 6.69. The van der Waals surface area contributed by atoms with Crippen molar-refractivity contribution in [2.24, 2.45) is 0 Å². The lowest BCUT2D eigenvalue weighted by molar-refractivity contribution is 0.467. The van der Waals surface area contributed by atoms with Gasteiger partial charge in [-0.15, -0.1) is 0 Å². The van der Waals surface area contributed by atoms with Crippen LogP contribution in [0.2, 0.25) is 5.02 Å². The predicted octanol–water partition coefficient (Wildman–Crippen LogP) is 2.14. The standard InChI is InChI=1S/C13H14ClN3O2S/c1-17(9-10-4-2-3-5-11(10)14)20(18,19)13-8-16-7-6-12(13)15/h2-8H,9H2,1H3,(H2,15,16). The molecule has 106 valence electrons. The van der Waals surface area contributed by atoms with E-state index in [0.717, 1.165) is 5.56 Å². The van der Waals surface area contributed by atoms with Gasteiger partial charge in [-0.25, -0.2) is 8.42 Å². The smallest absolute Gasteiger partial charge is 0.246 e. The fourth-order valence-electron chi connectivity index (χ4n) is 1.73. The fraction of sp³-hybridized carbons (Fsp3) is 0.154. The van der Waals surface area contributed by atoms with E-state index in [1.54, 1.807) is 24.3 Å². The van der Waals surface area contributed by atoms with Crippen LogP contribution >= 0.6 is 11.6 Å². The monoisotopic (exact) mass is 311 g/mol. The summed E-state index contributed by atoms with van der Waals surface area (Å²) < 4.78 is 26.1. The Morgan fingerprint density at radius 1 is 1.30 bits per heavy atom. The summed E-state index contributed by atoms with van der Waals surface area (Å²) in [4.78, 5) is 3.80. The third kappa shape index (κ3) is 2.92. The first-order chi connectivity index (χ1) is 9.43. The maximum atomic E-state index is 12.4. The molecule has 0 amide bonds. The Balaban J connectivity index is 2.31. The zero-order valence-electron chi connectivity index (χ0n) is 10.8. The third-order valence-corrected chi connectivity index (χ3v) is 5.07. The minimum Gasteiger partial charge on any atom is -0.398 e. The number of nitrogens with zero attached hydrogens (tertiary/aromatic N) is 2. The highest BCUT2D eigenvalue weighted by Gasteiger charge is 2.24. The van der Waals surface area contributed by atoms with Gasteiger partial charge in [-0.2, -0.15) is 4.31 Å². The Bertz CT molecular complexity index is 719. The Hall–Kier alpha value is -1.63. The molecule has 0 saturated heterocycles. The highest BCUT2D eigenvalue weighted by Crippen LogP contribution is 2.23. The molecular formula is C13H14ClN3O2S. The Kier molecular flexibility index (Phi) is 4.27. The van der Waals surface area contributed by atoms with Crippen LogP contribution in [0.3, 0.4) is 0 Å². The molecule has 1 aromatic carbocycles. The minimum absolute atomic E-state index is 0.00504. The largest absolute Gasteiger partial charge is 0.398 e. The van der Waals surface area contributed by atoms with Gasteiger partial charge in [-0.05, 0) is 17.7 Å². The van der Waals surface area contributed by atoms with E-state index in [-0.39, 0.29) is 17.1 Å².